The molecule has 0 radical (unpaired) electrons. The van der Waals surface area contributed by atoms with E-state index in [-0.39, 0.29) is 0 Å². The molecule has 0 atom stereocenters. The molecule has 0 saturated heterocycles. The molecule has 0 spiro atoms. The van der Waals surface area contributed by atoms with Gasteiger partial charge in [-0.2, -0.15) is 0 Å². The quantitative estimate of drug-likeness (QED) is 0.596. The molecule has 1 aromatic carbocycles. The standard InChI is InChI=1S/C10H15IOSi/c1-8-5-6-9(11)10(7-8)12-13(2,3)4/h5-7H,1-4H3. The van der Waals surface area contributed by atoms with Crippen LogP contribution in [0.25, 0.3) is 0 Å². The Balaban J connectivity index is 2.94. The van der Waals surface area contributed by atoms with Crippen molar-refractivity contribution in [2.75, 3.05) is 0 Å². The van der Waals surface area contributed by atoms with E-state index < -0.39 is 8.32 Å². The zero-order chi connectivity index (χ0) is 10.1. The zero-order valence-electron chi connectivity index (χ0n) is 8.52. The summed E-state index contributed by atoms with van der Waals surface area (Å²) < 4.78 is 7.14. The molecule has 0 heterocycles. The maximum absolute atomic E-state index is 5.94. The van der Waals surface area contributed by atoms with Crippen LogP contribution in [0.1, 0.15) is 5.56 Å². The average Bonchev–Trinajstić information content (AvgIpc) is 1.94. The number of hydrogen-bond acceptors (Lipinski definition) is 1. The molecule has 72 valence electrons. The van der Waals surface area contributed by atoms with Crippen molar-refractivity contribution in [1.29, 1.82) is 0 Å². The van der Waals surface area contributed by atoms with Gasteiger partial charge in [-0.25, -0.2) is 0 Å². The molecule has 0 aromatic heterocycles. The summed E-state index contributed by atoms with van der Waals surface area (Å²) in [6.07, 6.45) is 0. The lowest BCUT2D eigenvalue weighted by Gasteiger charge is -2.20. The first-order valence-corrected chi connectivity index (χ1v) is 8.82. The van der Waals surface area contributed by atoms with E-state index in [1.165, 1.54) is 9.13 Å². The third-order valence-electron chi connectivity index (χ3n) is 1.50. The van der Waals surface area contributed by atoms with E-state index in [0.717, 1.165) is 5.75 Å². The summed E-state index contributed by atoms with van der Waals surface area (Å²) in [7, 11) is -1.46. The summed E-state index contributed by atoms with van der Waals surface area (Å²) in [6.45, 7) is 8.69. The smallest absolute Gasteiger partial charge is 0.242 e. The van der Waals surface area contributed by atoms with Gasteiger partial charge in [0.15, 0.2) is 0 Å². The lowest BCUT2D eigenvalue weighted by molar-refractivity contribution is 0.553. The SMILES string of the molecule is Cc1ccc(I)c(O[Si](C)(C)C)c1. The van der Waals surface area contributed by atoms with Crippen molar-refractivity contribution < 1.29 is 4.43 Å². The van der Waals surface area contributed by atoms with Gasteiger partial charge in [0, 0.05) is 0 Å². The Kier molecular flexibility index (Phi) is 3.40. The molecule has 1 aromatic rings. The highest BCUT2D eigenvalue weighted by Gasteiger charge is 2.17. The third-order valence-corrected chi connectivity index (χ3v) is 3.23. The number of hydrogen-bond donors (Lipinski definition) is 0. The molecule has 1 nitrogen and oxygen atoms in total. The topological polar surface area (TPSA) is 9.23 Å². The minimum Gasteiger partial charge on any atom is -0.544 e. The first kappa shape index (κ1) is 11.0. The average molecular weight is 306 g/mol. The van der Waals surface area contributed by atoms with Crippen molar-refractivity contribution in [1.82, 2.24) is 0 Å². The second kappa shape index (κ2) is 4.00. The Morgan fingerprint density at radius 3 is 2.38 bits per heavy atom. The van der Waals surface area contributed by atoms with Crippen molar-refractivity contribution >= 4 is 30.9 Å². The van der Waals surface area contributed by atoms with Crippen LogP contribution in [0.3, 0.4) is 0 Å². The van der Waals surface area contributed by atoms with Crippen LogP contribution in [0, 0.1) is 10.5 Å². The summed E-state index contributed by atoms with van der Waals surface area (Å²) in [5.74, 6) is 1.04. The van der Waals surface area contributed by atoms with Crippen molar-refractivity contribution in [3.8, 4) is 5.75 Å². The fraction of sp³-hybridized carbons (Fsp3) is 0.400. The van der Waals surface area contributed by atoms with Crippen molar-refractivity contribution in [2.45, 2.75) is 26.6 Å². The van der Waals surface area contributed by atoms with E-state index in [0.29, 0.717) is 0 Å². The maximum Gasteiger partial charge on any atom is 0.242 e. The largest absolute Gasteiger partial charge is 0.544 e. The van der Waals surface area contributed by atoms with Gasteiger partial charge < -0.3 is 4.43 Å². The van der Waals surface area contributed by atoms with Gasteiger partial charge in [-0.3, -0.25) is 0 Å². The molecular weight excluding hydrogens is 291 g/mol. The van der Waals surface area contributed by atoms with Crippen molar-refractivity contribution in [3.63, 3.8) is 0 Å². The molecule has 0 fully saturated rings. The van der Waals surface area contributed by atoms with E-state index >= 15 is 0 Å². The van der Waals surface area contributed by atoms with Gasteiger partial charge in [-0.05, 0) is 66.9 Å². The first-order valence-electron chi connectivity index (χ1n) is 4.34. The van der Waals surface area contributed by atoms with E-state index in [1.54, 1.807) is 0 Å². The fourth-order valence-corrected chi connectivity index (χ4v) is 2.50. The molecule has 0 N–H and O–H groups in total. The van der Waals surface area contributed by atoms with Gasteiger partial charge in [-0.15, -0.1) is 0 Å². The summed E-state index contributed by atoms with van der Waals surface area (Å²) in [6, 6.07) is 6.32. The molecule has 0 saturated carbocycles. The lowest BCUT2D eigenvalue weighted by atomic mass is 10.2. The minimum absolute atomic E-state index is 1.04. The van der Waals surface area contributed by atoms with Gasteiger partial charge in [-0.1, -0.05) is 6.07 Å². The number of benzene rings is 1. The molecule has 0 amide bonds. The highest BCUT2D eigenvalue weighted by Crippen LogP contribution is 2.24. The molecular formula is C10H15IOSi. The number of aryl methyl sites for hydroxylation is 1. The normalized spacial score (nSPS) is 11.5. The maximum atomic E-state index is 5.94. The summed E-state index contributed by atoms with van der Waals surface area (Å²) in [4.78, 5) is 0. The first-order chi connectivity index (χ1) is 5.88. The van der Waals surface area contributed by atoms with Crippen LogP contribution < -0.4 is 4.43 Å². The second-order valence-electron chi connectivity index (χ2n) is 4.15. The van der Waals surface area contributed by atoms with Crippen molar-refractivity contribution in [2.24, 2.45) is 0 Å². The Hall–Kier alpha value is -0.0331. The van der Waals surface area contributed by atoms with Crippen molar-refractivity contribution in [3.05, 3.63) is 27.3 Å². The van der Waals surface area contributed by atoms with Crippen LogP contribution in [-0.2, 0) is 0 Å². The molecule has 0 aliphatic heterocycles. The molecule has 1 rings (SSSR count). The van der Waals surface area contributed by atoms with Crippen LogP contribution in [-0.4, -0.2) is 8.32 Å². The Bertz CT molecular complexity index is 304. The Morgan fingerprint density at radius 1 is 1.23 bits per heavy atom. The van der Waals surface area contributed by atoms with Gasteiger partial charge in [0.1, 0.15) is 5.75 Å². The monoisotopic (exact) mass is 306 g/mol. The molecule has 13 heavy (non-hydrogen) atoms. The van der Waals surface area contributed by atoms with Gasteiger partial charge in [0.05, 0.1) is 3.57 Å². The van der Waals surface area contributed by atoms with Gasteiger partial charge in [0.2, 0.25) is 8.32 Å². The Morgan fingerprint density at radius 2 is 1.85 bits per heavy atom. The van der Waals surface area contributed by atoms with E-state index in [1.807, 2.05) is 0 Å². The van der Waals surface area contributed by atoms with E-state index in [4.69, 9.17) is 4.43 Å². The predicted molar refractivity (Wildman–Crippen MR) is 67.9 cm³/mol. The van der Waals surface area contributed by atoms with Crippen LogP contribution in [0.2, 0.25) is 19.6 Å². The molecule has 0 bridgehead atoms. The molecule has 0 aliphatic carbocycles. The minimum atomic E-state index is -1.46. The highest BCUT2D eigenvalue weighted by molar-refractivity contribution is 14.1. The van der Waals surface area contributed by atoms with Crippen LogP contribution >= 0.6 is 22.6 Å². The number of halogens is 1. The van der Waals surface area contributed by atoms with Crippen LogP contribution in [0.15, 0.2) is 18.2 Å². The van der Waals surface area contributed by atoms with E-state index in [2.05, 4.69) is 67.4 Å². The van der Waals surface area contributed by atoms with Gasteiger partial charge >= 0.3 is 0 Å². The third kappa shape index (κ3) is 3.68. The fourth-order valence-electron chi connectivity index (χ4n) is 1.02. The number of rotatable bonds is 2. The predicted octanol–water partition coefficient (Wildman–Crippen LogP) is 3.81. The summed E-state index contributed by atoms with van der Waals surface area (Å²) in [5.41, 5.74) is 1.26. The molecule has 3 heteroatoms. The van der Waals surface area contributed by atoms with Crippen LogP contribution in [0.4, 0.5) is 0 Å². The summed E-state index contributed by atoms with van der Waals surface area (Å²) >= 11 is 2.31. The highest BCUT2D eigenvalue weighted by atomic mass is 127. The second-order valence-corrected chi connectivity index (χ2v) is 9.74. The summed E-state index contributed by atoms with van der Waals surface area (Å²) in [5, 5.41) is 0. The van der Waals surface area contributed by atoms with Gasteiger partial charge in [0.25, 0.3) is 0 Å². The molecule has 0 unspecified atom stereocenters. The molecule has 0 aliphatic rings. The lowest BCUT2D eigenvalue weighted by Crippen LogP contribution is -2.29. The zero-order valence-corrected chi connectivity index (χ0v) is 11.7. The van der Waals surface area contributed by atoms with E-state index in [9.17, 15) is 0 Å². The van der Waals surface area contributed by atoms with Crippen LogP contribution in [0.5, 0.6) is 5.75 Å². The Labute approximate surface area is 94.8 Å².